The van der Waals surface area contributed by atoms with Crippen LogP contribution in [0.25, 0.3) is 5.57 Å². The molecular formula is C27H34N2O2. The van der Waals surface area contributed by atoms with Crippen LogP contribution in [0.1, 0.15) is 61.0 Å². The SMILES string of the molecule is CCN(CC)C(=O)c1ccc(CC/C=C2\CC3(CCNCC3)Oc3ccccc32)cc1. The van der Waals surface area contributed by atoms with E-state index in [2.05, 4.69) is 47.8 Å². The summed E-state index contributed by atoms with van der Waals surface area (Å²) >= 11 is 0. The first-order chi connectivity index (χ1) is 15.1. The number of rotatable bonds is 6. The van der Waals surface area contributed by atoms with Gasteiger partial charge in [-0.15, -0.1) is 0 Å². The van der Waals surface area contributed by atoms with Gasteiger partial charge in [-0.1, -0.05) is 36.4 Å². The molecule has 0 bridgehead atoms. The molecule has 4 rings (SSSR count). The number of hydrogen-bond donors (Lipinski definition) is 1. The minimum absolute atomic E-state index is 0.0577. The van der Waals surface area contributed by atoms with Gasteiger partial charge in [0.15, 0.2) is 0 Å². The van der Waals surface area contributed by atoms with Crippen molar-refractivity contribution in [2.75, 3.05) is 26.2 Å². The normalized spacial score (nSPS) is 18.5. The van der Waals surface area contributed by atoms with E-state index in [9.17, 15) is 4.79 Å². The Hall–Kier alpha value is -2.59. The molecule has 31 heavy (non-hydrogen) atoms. The molecule has 4 nitrogen and oxygen atoms in total. The molecule has 0 aromatic heterocycles. The topological polar surface area (TPSA) is 41.6 Å². The summed E-state index contributed by atoms with van der Waals surface area (Å²) in [5, 5.41) is 3.46. The molecule has 164 valence electrons. The predicted octanol–water partition coefficient (Wildman–Crippen LogP) is 5.09. The minimum Gasteiger partial charge on any atom is -0.486 e. The number of aryl methyl sites for hydroxylation is 1. The van der Waals surface area contributed by atoms with Crippen molar-refractivity contribution in [2.45, 2.75) is 51.6 Å². The molecule has 1 saturated heterocycles. The lowest BCUT2D eigenvalue weighted by Crippen LogP contribution is -2.47. The Balaban J connectivity index is 1.45. The second-order valence-electron chi connectivity index (χ2n) is 8.65. The monoisotopic (exact) mass is 418 g/mol. The number of allylic oxidation sites excluding steroid dienone is 1. The van der Waals surface area contributed by atoms with E-state index < -0.39 is 0 Å². The second kappa shape index (κ2) is 9.69. The summed E-state index contributed by atoms with van der Waals surface area (Å²) in [4.78, 5) is 14.4. The summed E-state index contributed by atoms with van der Waals surface area (Å²) in [7, 11) is 0. The van der Waals surface area contributed by atoms with Crippen LogP contribution in [-0.2, 0) is 6.42 Å². The number of ether oxygens (including phenoxy) is 1. The Labute approximate surface area is 186 Å². The average molecular weight is 419 g/mol. The highest BCUT2D eigenvalue weighted by molar-refractivity contribution is 5.94. The lowest BCUT2D eigenvalue weighted by atomic mass is 9.80. The molecule has 1 N–H and O–H groups in total. The zero-order valence-electron chi connectivity index (χ0n) is 18.8. The van der Waals surface area contributed by atoms with Crippen molar-refractivity contribution in [3.63, 3.8) is 0 Å². The molecule has 1 fully saturated rings. The molecule has 4 heteroatoms. The van der Waals surface area contributed by atoms with Crippen LogP contribution in [0.4, 0.5) is 0 Å². The number of benzene rings is 2. The van der Waals surface area contributed by atoms with Gasteiger partial charge in [-0.3, -0.25) is 4.79 Å². The Morgan fingerprint density at radius 3 is 2.48 bits per heavy atom. The Morgan fingerprint density at radius 1 is 1.06 bits per heavy atom. The van der Waals surface area contributed by atoms with Gasteiger partial charge in [0.1, 0.15) is 11.4 Å². The summed E-state index contributed by atoms with van der Waals surface area (Å²) < 4.78 is 6.51. The van der Waals surface area contributed by atoms with Crippen LogP contribution >= 0.6 is 0 Å². The van der Waals surface area contributed by atoms with Gasteiger partial charge in [0.05, 0.1) is 0 Å². The quantitative estimate of drug-likeness (QED) is 0.710. The smallest absolute Gasteiger partial charge is 0.253 e. The number of carbonyl (C=O) groups excluding carboxylic acids is 1. The maximum atomic E-state index is 12.5. The standard InChI is InChI=1S/C27H34N2O2/c1-3-29(4-2)26(30)22-14-12-21(13-15-22)8-7-9-23-20-27(16-18-28-19-17-27)31-25-11-6-5-10-24(23)25/h5-6,9-15,28H,3-4,7-8,16-20H2,1-2H3/b23-9+. The molecule has 2 aromatic rings. The van der Waals surface area contributed by atoms with Gasteiger partial charge in [-0.05, 0) is 82.0 Å². The van der Waals surface area contributed by atoms with Gasteiger partial charge in [0.2, 0.25) is 0 Å². The number of nitrogens with one attached hydrogen (secondary N) is 1. The summed E-state index contributed by atoms with van der Waals surface area (Å²) in [5.74, 6) is 1.14. The molecule has 1 amide bonds. The van der Waals surface area contributed by atoms with Gasteiger partial charge in [-0.25, -0.2) is 0 Å². The van der Waals surface area contributed by atoms with Crippen molar-refractivity contribution in [2.24, 2.45) is 0 Å². The van der Waals surface area contributed by atoms with Gasteiger partial charge in [0.25, 0.3) is 5.91 Å². The average Bonchev–Trinajstić information content (AvgIpc) is 2.80. The Kier molecular flexibility index (Phi) is 6.77. The highest BCUT2D eigenvalue weighted by Gasteiger charge is 2.39. The maximum absolute atomic E-state index is 12.5. The van der Waals surface area contributed by atoms with Crippen LogP contribution in [0, 0.1) is 0 Å². The number of para-hydroxylation sites is 1. The number of hydrogen-bond acceptors (Lipinski definition) is 3. The molecule has 0 aliphatic carbocycles. The molecular weight excluding hydrogens is 384 g/mol. The van der Waals surface area contributed by atoms with E-state index >= 15 is 0 Å². The van der Waals surface area contributed by atoms with Crippen LogP contribution in [-0.4, -0.2) is 42.6 Å². The van der Waals surface area contributed by atoms with Crippen LogP contribution in [0.5, 0.6) is 5.75 Å². The molecule has 0 unspecified atom stereocenters. The van der Waals surface area contributed by atoms with Crippen LogP contribution < -0.4 is 10.1 Å². The first-order valence-electron chi connectivity index (χ1n) is 11.7. The fraction of sp³-hybridized carbons (Fsp3) is 0.444. The summed E-state index contributed by atoms with van der Waals surface area (Å²) in [6.07, 6.45) is 7.46. The fourth-order valence-electron chi connectivity index (χ4n) is 4.80. The third kappa shape index (κ3) is 4.85. The first kappa shape index (κ1) is 21.6. The zero-order valence-corrected chi connectivity index (χ0v) is 18.8. The summed E-state index contributed by atoms with van der Waals surface area (Å²) in [5.41, 5.74) is 4.64. The number of carbonyl (C=O) groups is 1. The highest BCUT2D eigenvalue weighted by Crippen LogP contribution is 2.44. The molecule has 0 atom stereocenters. The number of fused-ring (bicyclic) bond motifs is 1. The number of nitrogens with zero attached hydrogens (tertiary/aromatic N) is 1. The van der Waals surface area contributed by atoms with E-state index in [0.717, 1.165) is 69.6 Å². The van der Waals surface area contributed by atoms with Crippen LogP contribution in [0.2, 0.25) is 0 Å². The molecule has 2 aromatic carbocycles. The van der Waals surface area contributed by atoms with E-state index in [0.29, 0.717) is 0 Å². The van der Waals surface area contributed by atoms with Crippen molar-refractivity contribution in [3.05, 3.63) is 71.3 Å². The molecule has 1 spiro atoms. The van der Waals surface area contributed by atoms with Crippen LogP contribution in [0.3, 0.4) is 0 Å². The third-order valence-electron chi connectivity index (χ3n) is 6.66. The predicted molar refractivity (Wildman–Crippen MR) is 127 cm³/mol. The first-order valence-corrected chi connectivity index (χ1v) is 11.7. The van der Waals surface area contributed by atoms with Gasteiger partial charge < -0.3 is 15.0 Å². The van der Waals surface area contributed by atoms with Crippen molar-refractivity contribution in [3.8, 4) is 5.75 Å². The number of piperidine rings is 1. The van der Waals surface area contributed by atoms with Gasteiger partial charge >= 0.3 is 0 Å². The van der Waals surface area contributed by atoms with Crippen molar-refractivity contribution in [1.82, 2.24) is 10.2 Å². The zero-order chi connectivity index (χ0) is 21.7. The van der Waals surface area contributed by atoms with Crippen LogP contribution in [0.15, 0.2) is 54.6 Å². The Bertz CT molecular complexity index is 923. The van der Waals surface area contributed by atoms with E-state index in [1.54, 1.807) is 0 Å². The van der Waals surface area contributed by atoms with Crippen molar-refractivity contribution < 1.29 is 9.53 Å². The summed E-state index contributed by atoms with van der Waals surface area (Å²) in [6.45, 7) is 7.57. The van der Waals surface area contributed by atoms with Crippen molar-refractivity contribution >= 4 is 11.5 Å². The highest BCUT2D eigenvalue weighted by atomic mass is 16.5. The van der Waals surface area contributed by atoms with E-state index in [1.165, 1.54) is 16.7 Å². The van der Waals surface area contributed by atoms with Gasteiger partial charge in [-0.2, -0.15) is 0 Å². The Morgan fingerprint density at radius 2 is 1.77 bits per heavy atom. The molecule has 2 aliphatic heterocycles. The molecule has 2 aliphatic rings. The largest absolute Gasteiger partial charge is 0.486 e. The summed E-state index contributed by atoms with van der Waals surface area (Å²) in [6, 6.07) is 16.6. The lowest BCUT2D eigenvalue weighted by molar-refractivity contribution is 0.0356. The minimum atomic E-state index is -0.0577. The van der Waals surface area contributed by atoms with E-state index in [-0.39, 0.29) is 11.5 Å². The van der Waals surface area contributed by atoms with E-state index in [1.807, 2.05) is 30.9 Å². The third-order valence-corrected chi connectivity index (χ3v) is 6.66. The maximum Gasteiger partial charge on any atom is 0.253 e. The molecule has 2 heterocycles. The van der Waals surface area contributed by atoms with Crippen molar-refractivity contribution in [1.29, 1.82) is 0 Å². The number of amides is 1. The van der Waals surface area contributed by atoms with E-state index in [4.69, 9.17) is 4.74 Å². The fourth-order valence-corrected chi connectivity index (χ4v) is 4.80. The molecule has 0 saturated carbocycles. The van der Waals surface area contributed by atoms with Gasteiger partial charge in [0, 0.05) is 30.6 Å². The second-order valence-corrected chi connectivity index (χ2v) is 8.65. The lowest BCUT2D eigenvalue weighted by Gasteiger charge is -2.42. The molecule has 0 radical (unpaired) electrons.